The third-order valence-electron chi connectivity index (χ3n) is 2.33. The molecule has 0 radical (unpaired) electrons. The Morgan fingerprint density at radius 3 is 2.59 bits per heavy atom. The van der Waals surface area contributed by atoms with E-state index in [0.717, 1.165) is 14.9 Å². The van der Waals surface area contributed by atoms with E-state index in [4.69, 9.17) is 23.2 Å². The summed E-state index contributed by atoms with van der Waals surface area (Å²) in [4.78, 5) is 0.933. The molecule has 1 atom stereocenters. The van der Waals surface area contributed by atoms with Crippen molar-refractivity contribution in [1.82, 2.24) is 0 Å². The molecule has 1 aromatic heterocycles. The first-order valence-corrected chi connectivity index (χ1v) is 7.35. The fourth-order valence-corrected chi connectivity index (χ4v) is 3.24. The average Bonchev–Trinajstić information content (AvgIpc) is 2.70. The molecule has 1 heterocycles. The molecule has 17 heavy (non-hydrogen) atoms. The molecule has 2 rings (SSSR count). The number of hydrogen-bond acceptors (Lipinski definition) is 2. The number of aliphatic hydroxyl groups excluding tert-OH is 1. The van der Waals surface area contributed by atoms with Crippen LogP contribution < -0.4 is 0 Å². The van der Waals surface area contributed by atoms with Crippen molar-refractivity contribution in [3.8, 4) is 0 Å². The molecular formula is C12H9BrCl2OS. The van der Waals surface area contributed by atoms with Gasteiger partial charge in [-0.15, -0.1) is 11.3 Å². The summed E-state index contributed by atoms with van der Waals surface area (Å²) in [6, 6.07) is 7.33. The van der Waals surface area contributed by atoms with Gasteiger partial charge >= 0.3 is 0 Å². The lowest BCUT2D eigenvalue weighted by Crippen LogP contribution is -1.99. The summed E-state index contributed by atoms with van der Waals surface area (Å²) >= 11 is 16.7. The van der Waals surface area contributed by atoms with E-state index < -0.39 is 6.10 Å². The zero-order valence-electron chi connectivity index (χ0n) is 8.66. The Labute approximate surface area is 122 Å². The molecule has 0 amide bonds. The van der Waals surface area contributed by atoms with Crippen LogP contribution in [0.2, 0.25) is 10.0 Å². The van der Waals surface area contributed by atoms with Crippen LogP contribution in [0.5, 0.6) is 0 Å². The van der Waals surface area contributed by atoms with Gasteiger partial charge in [0.15, 0.2) is 0 Å². The van der Waals surface area contributed by atoms with Crippen LogP contribution in [0.4, 0.5) is 0 Å². The number of benzene rings is 1. The maximum atomic E-state index is 10.1. The zero-order valence-corrected chi connectivity index (χ0v) is 12.6. The average molecular weight is 352 g/mol. The van der Waals surface area contributed by atoms with Gasteiger partial charge in [0.05, 0.1) is 16.1 Å². The molecule has 1 aromatic carbocycles. The van der Waals surface area contributed by atoms with E-state index in [0.29, 0.717) is 16.5 Å². The van der Waals surface area contributed by atoms with E-state index in [-0.39, 0.29) is 0 Å². The van der Waals surface area contributed by atoms with Gasteiger partial charge in [0.1, 0.15) is 0 Å². The Bertz CT molecular complexity index is 527. The van der Waals surface area contributed by atoms with Crippen LogP contribution in [-0.2, 0) is 6.42 Å². The first-order chi connectivity index (χ1) is 8.06. The molecule has 1 N–H and O–H groups in total. The highest BCUT2D eigenvalue weighted by Gasteiger charge is 2.11. The molecular weight excluding hydrogens is 343 g/mol. The molecule has 5 heteroatoms. The first kappa shape index (κ1) is 13.4. The lowest BCUT2D eigenvalue weighted by Gasteiger charge is -2.09. The van der Waals surface area contributed by atoms with E-state index >= 15 is 0 Å². The second-order valence-electron chi connectivity index (χ2n) is 3.64. The quantitative estimate of drug-likeness (QED) is 0.816. The van der Waals surface area contributed by atoms with Crippen LogP contribution in [0.3, 0.4) is 0 Å². The van der Waals surface area contributed by atoms with Gasteiger partial charge in [-0.3, -0.25) is 0 Å². The molecule has 0 aliphatic carbocycles. The van der Waals surface area contributed by atoms with Crippen molar-refractivity contribution in [2.75, 3.05) is 0 Å². The summed E-state index contributed by atoms with van der Waals surface area (Å²) in [7, 11) is 0. The highest BCUT2D eigenvalue weighted by Crippen LogP contribution is 2.29. The third-order valence-corrected chi connectivity index (χ3v) is 4.86. The number of aliphatic hydroxyl groups is 1. The topological polar surface area (TPSA) is 20.2 Å². The van der Waals surface area contributed by atoms with E-state index in [9.17, 15) is 5.11 Å². The van der Waals surface area contributed by atoms with Gasteiger partial charge in [0.2, 0.25) is 0 Å². The number of thiophene rings is 1. The molecule has 0 saturated heterocycles. The van der Waals surface area contributed by atoms with Crippen LogP contribution in [0.1, 0.15) is 16.5 Å². The molecule has 0 aliphatic rings. The maximum absolute atomic E-state index is 10.1. The molecule has 2 aromatic rings. The lowest BCUT2D eigenvalue weighted by molar-refractivity contribution is 0.182. The molecule has 90 valence electrons. The van der Waals surface area contributed by atoms with Gasteiger partial charge in [0.25, 0.3) is 0 Å². The summed E-state index contributed by atoms with van der Waals surface area (Å²) in [6.07, 6.45) is 0.0210. The molecule has 0 bridgehead atoms. The normalized spacial score (nSPS) is 12.7. The highest BCUT2D eigenvalue weighted by atomic mass is 79.9. The maximum Gasteiger partial charge on any atom is 0.0922 e. The van der Waals surface area contributed by atoms with Crippen molar-refractivity contribution >= 4 is 50.5 Å². The van der Waals surface area contributed by atoms with Crippen molar-refractivity contribution in [3.63, 3.8) is 0 Å². The lowest BCUT2D eigenvalue weighted by atomic mass is 10.1. The summed E-state index contributed by atoms with van der Waals surface area (Å²) in [5, 5.41) is 13.1. The van der Waals surface area contributed by atoms with Gasteiger partial charge < -0.3 is 5.11 Å². The molecule has 0 aliphatic heterocycles. The van der Waals surface area contributed by atoms with Crippen LogP contribution in [0.25, 0.3) is 0 Å². The van der Waals surface area contributed by atoms with E-state index in [1.54, 1.807) is 12.1 Å². The predicted molar refractivity (Wildman–Crippen MR) is 77.1 cm³/mol. The minimum Gasteiger partial charge on any atom is -0.387 e. The molecule has 0 spiro atoms. The van der Waals surface area contributed by atoms with E-state index in [1.807, 2.05) is 17.5 Å². The van der Waals surface area contributed by atoms with E-state index in [1.165, 1.54) is 11.3 Å². The van der Waals surface area contributed by atoms with Crippen molar-refractivity contribution in [2.24, 2.45) is 0 Å². The van der Waals surface area contributed by atoms with E-state index in [2.05, 4.69) is 15.9 Å². The Morgan fingerprint density at radius 1 is 1.24 bits per heavy atom. The number of halogens is 3. The Balaban J connectivity index is 2.12. The van der Waals surface area contributed by atoms with Crippen molar-refractivity contribution in [3.05, 3.63) is 54.6 Å². The number of rotatable bonds is 3. The van der Waals surface area contributed by atoms with Crippen LogP contribution in [0.15, 0.2) is 34.1 Å². The third kappa shape index (κ3) is 3.46. The summed E-state index contributed by atoms with van der Waals surface area (Å²) < 4.78 is 0.991. The second kappa shape index (κ2) is 5.72. The standard InChI is InChI=1S/C12H9BrCl2OS/c13-8-5-12(17-6-8)11(16)4-7-1-2-9(14)10(15)3-7/h1-3,5-6,11,16H,4H2. The minimum atomic E-state index is -0.511. The van der Waals surface area contributed by atoms with Crippen molar-refractivity contribution in [2.45, 2.75) is 12.5 Å². The second-order valence-corrected chi connectivity index (χ2v) is 6.31. The summed E-state index contributed by atoms with van der Waals surface area (Å²) in [5.74, 6) is 0. The van der Waals surface area contributed by atoms with Crippen LogP contribution in [-0.4, -0.2) is 5.11 Å². The van der Waals surface area contributed by atoms with Crippen molar-refractivity contribution in [1.29, 1.82) is 0 Å². The Hall–Kier alpha value is -0.0600. The van der Waals surface area contributed by atoms with Gasteiger partial charge in [-0.05, 0) is 39.7 Å². The van der Waals surface area contributed by atoms with Gasteiger partial charge in [-0.2, -0.15) is 0 Å². The molecule has 1 nitrogen and oxygen atoms in total. The molecule has 1 unspecified atom stereocenters. The van der Waals surface area contributed by atoms with Crippen molar-refractivity contribution < 1.29 is 5.11 Å². The Morgan fingerprint density at radius 2 is 2.00 bits per heavy atom. The summed E-state index contributed by atoms with van der Waals surface area (Å²) in [6.45, 7) is 0. The first-order valence-electron chi connectivity index (χ1n) is 4.92. The molecule has 0 fully saturated rings. The van der Waals surface area contributed by atoms with Gasteiger partial charge in [0, 0.05) is 21.2 Å². The fourth-order valence-electron chi connectivity index (χ4n) is 1.49. The number of hydrogen-bond donors (Lipinski definition) is 1. The van der Waals surface area contributed by atoms with Gasteiger partial charge in [-0.1, -0.05) is 29.3 Å². The monoisotopic (exact) mass is 350 g/mol. The molecule has 0 saturated carbocycles. The minimum absolute atomic E-state index is 0.511. The summed E-state index contributed by atoms with van der Waals surface area (Å²) in [5.41, 5.74) is 0.969. The predicted octanol–water partition coefficient (Wildman–Crippen LogP) is 5.09. The smallest absolute Gasteiger partial charge is 0.0922 e. The Kier molecular flexibility index (Phi) is 4.50. The fraction of sp³-hybridized carbons (Fsp3) is 0.167. The van der Waals surface area contributed by atoms with Crippen LogP contribution >= 0.6 is 50.5 Å². The van der Waals surface area contributed by atoms with Gasteiger partial charge in [-0.25, -0.2) is 0 Å². The zero-order chi connectivity index (χ0) is 12.4. The SMILES string of the molecule is OC(Cc1ccc(Cl)c(Cl)c1)c1cc(Br)cs1. The highest BCUT2D eigenvalue weighted by molar-refractivity contribution is 9.10. The van der Waals surface area contributed by atoms with Crippen LogP contribution in [0, 0.1) is 0 Å². The largest absolute Gasteiger partial charge is 0.387 e.